The van der Waals surface area contributed by atoms with Crippen molar-refractivity contribution in [1.82, 2.24) is 9.97 Å². The Labute approximate surface area is 71.4 Å². The highest BCUT2D eigenvalue weighted by Crippen LogP contribution is 2.53. The molecule has 0 saturated heterocycles. The van der Waals surface area contributed by atoms with Crippen molar-refractivity contribution in [2.45, 2.75) is 19.3 Å². The molecule has 1 heterocycles. The second-order valence-electron chi connectivity index (χ2n) is 3.52. The lowest BCUT2D eigenvalue weighted by Crippen LogP contribution is -1.90. The monoisotopic (exact) mass is 158 g/mol. The Bertz CT molecular complexity index is 340. The Kier molecular flexibility index (Phi) is 1.14. The highest BCUT2D eigenvalue weighted by atomic mass is 14.9. The van der Waals surface area contributed by atoms with Crippen LogP contribution in [0.1, 0.15) is 25.1 Å². The zero-order valence-electron chi connectivity index (χ0n) is 6.83. The van der Waals surface area contributed by atoms with E-state index in [1.165, 1.54) is 24.8 Å². The Balaban J connectivity index is 2.05. The van der Waals surface area contributed by atoms with Crippen LogP contribution in [0.25, 0.3) is 5.57 Å². The van der Waals surface area contributed by atoms with Gasteiger partial charge in [-0.3, -0.25) is 0 Å². The summed E-state index contributed by atoms with van der Waals surface area (Å²) in [4.78, 5) is 8.54. The molecule has 2 heteroatoms. The van der Waals surface area contributed by atoms with Gasteiger partial charge in [0.05, 0.1) is 0 Å². The third-order valence-electron chi connectivity index (χ3n) is 2.77. The van der Waals surface area contributed by atoms with Crippen LogP contribution in [-0.2, 0) is 0 Å². The Morgan fingerprint density at radius 3 is 2.67 bits per heavy atom. The smallest absolute Gasteiger partial charge is 0.154 e. The molecule has 1 aromatic heterocycles. The van der Waals surface area contributed by atoms with E-state index in [4.69, 9.17) is 0 Å². The minimum Gasteiger partial charge on any atom is -0.237 e. The van der Waals surface area contributed by atoms with Crippen molar-refractivity contribution < 1.29 is 0 Å². The Morgan fingerprint density at radius 1 is 1.25 bits per heavy atom. The summed E-state index contributed by atoms with van der Waals surface area (Å²) in [5, 5.41) is 0. The summed E-state index contributed by atoms with van der Waals surface area (Å²) in [6, 6.07) is 1.87. The summed E-state index contributed by atoms with van der Waals surface area (Å²) in [7, 11) is 0. The van der Waals surface area contributed by atoms with Crippen LogP contribution in [0.3, 0.4) is 0 Å². The van der Waals surface area contributed by atoms with E-state index in [1.54, 1.807) is 5.57 Å². The van der Waals surface area contributed by atoms with Crippen LogP contribution >= 0.6 is 0 Å². The van der Waals surface area contributed by atoms with Gasteiger partial charge in [-0.15, -0.1) is 0 Å². The van der Waals surface area contributed by atoms with Crippen molar-refractivity contribution in [3.05, 3.63) is 29.9 Å². The molecular weight excluding hydrogens is 148 g/mol. The number of allylic oxidation sites excluding steroid dienone is 2. The van der Waals surface area contributed by atoms with E-state index in [1.807, 2.05) is 18.5 Å². The Morgan fingerprint density at radius 2 is 2.08 bits per heavy atom. The largest absolute Gasteiger partial charge is 0.237 e. The molecular formula is C10H10N2. The molecule has 1 fully saturated rings. The first kappa shape index (κ1) is 6.35. The first-order valence-corrected chi connectivity index (χ1v) is 4.44. The number of fused-ring (bicyclic) bond motifs is 1. The summed E-state index contributed by atoms with van der Waals surface area (Å²) < 4.78 is 0. The van der Waals surface area contributed by atoms with Gasteiger partial charge in [0.25, 0.3) is 0 Å². The van der Waals surface area contributed by atoms with Crippen molar-refractivity contribution >= 4 is 5.57 Å². The maximum Gasteiger partial charge on any atom is 0.154 e. The van der Waals surface area contributed by atoms with Crippen molar-refractivity contribution in [3.63, 3.8) is 0 Å². The van der Waals surface area contributed by atoms with E-state index in [9.17, 15) is 0 Å². The standard InChI is InChI=1S/C10H10N2/c1-4-11-10(12-5-1)8-3-2-7-6-9(7)8/h1,4-5,7H,2-3,6H2. The molecule has 60 valence electrons. The predicted molar refractivity (Wildman–Crippen MR) is 46.3 cm³/mol. The molecule has 1 atom stereocenters. The lowest BCUT2D eigenvalue weighted by molar-refractivity contribution is 0.794. The normalized spacial score (nSPS) is 25.8. The SMILES string of the molecule is c1cnc(C2=C3CC3CC2)nc1. The molecule has 1 aromatic rings. The van der Waals surface area contributed by atoms with Crippen LogP contribution in [0.5, 0.6) is 0 Å². The molecule has 1 saturated carbocycles. The summed E-state index contributed by atoms with van der Waals surface area (Å²) in [6.07, 6.45) is 7.50. The molecule has 0 spiro atoms. The Hall–Kier alpha value is -1.18. The van der Waals surface area contributed by atoms with Crippen LogP contribution in [0.15, 0.2) is 24.0 Å². The second-order valence-corrected chi connectivity index (χ2v) is 3.52. The second kappa shape index (κ2) is 2.16. The third kappa shape index (κ3) is 0.809. The van der Waals surface area contributed by atoms with Gasteiger partial charge in [0, 0.05) is 12.4 Å². The highest BCUT2D eigenvalue weighted by Gasteiger charge is 2.38. The fourth-order valence-corrected chi connectivity index (χ4v) is 2.04. The fourth-order valence-electron chi connectivity index (χ4n) is 2.04. The van der Waals surface area contributed by atoms with Gasteiger partial charge in [0.1, 0.15) is 0 Å². The van der Waals surface area contributed by atoms with Gasteiger partial charge in [-0.2, -0.15) is 0 Å². The lowest BCUT2D eigenvalue weighted by Gasteiger charge is -1.99. The van der Waals surface area contributed by atoms with Crippen LogP contribution in [0.4, 0.5) is 0 Å². The first-order chi connectivity index (χ1) is 5.95. The molecule has 1 unspecified atom stereocenters. The summed E-state index contributed by atoms with van der Waals surface area (Å²) in [5.41, 5.74) is 3.06. The molecule has 0 bridgehead atoms. The van der Waals surface area contributed by atoms with Gasteiger partial charge in [-0.1, -0.05) is 5.57 Å². The van der Waals surface area contributed by atoms with E-state index in [2.05, 4.69) is 9.97 Å². The molecule has 0 amide bonds. The van der Waals surface area contributed by atoms with E-state index in [0.29, 0.717) is 0 Å². The first-order valence-electron chi connectivity index (χ1n) is 4.44. The van der Waals surface area contributed by atoms with Crippen molar-refractivity contribution in [2.24, 2.45) is 5.92 Å². The lowest BCUT2D eigenvalue weighted by atomic mass is 10.1. The molecule has 2 aliphatic rings. The number of rotatable bonds is 1. The number of nitrogens with zero attached hydrogens (tertiary/aromatic N) is 2. The van der Waals surface area contributed by atoms with Gasteiger partial charge in [-0.05, 0) is 36.8 Å². The number of hydrogen-bond donors (Lipinski definition) is 0. The average Bonchev–Trinajstić information content (AvgIpc) is 2.80. The number of aromatic nitrogens is 2. The third-order valence-corrected chi connectivity index (χ3v) is 2.77. The van der Waals surface area contributed by atoms with Gasteiger partial charge in [0.2, 0.25) is 0 Å². The zero-order valence-corrected chi connectivity index (χ0v) is 6.83. The molecule has 0 aliphatic heterocycles. The van der Waals surface area contributed by atoms with E-state index < -0.39 is 0 Å². The van der Waals surface area contributed by atoms with Gasteiger partial charge >= 0.3 is 0 Å². The van der Waals surface area contributed by atoms with Crippen molar-refractivity contribution in [2.75, 3.05) is 0 Å². The minimum absolute atomic E-state index is 0.906. The van der Waals surface area contributed by atoms with Crippen LogP contribution in [0, 0.1) is 5.92 Å². The quantitative estimate of drug-likeness (QED) is 0.625. The molecule has 12 heavy (non-hydrogen) atoms. The molecule has 3 rings (SSSR count). The summed E-state index contributed by atoms with van der Waals surface area (Å²) in [5.74, 6) is 1.87. The highest BCUT2D eigenvalue weighted by molar-refractivity contribution is 5.70. The average molecular weight is 158 g/mol. The molecule has 0 radical (unpaired) electrons. The predicted octanol–water partition coefficient (Wildman–Crippen LogP) is 2.04. The van der Waals surface area contributed by atoms with E-state index in [0.717, 1.165) is 11.7 Å². The van der Waals surface area contributed by atoms with E-state index >= 15 is 0 Å². The minimum atomic E-state index is 0.906. The van der Waals surface area contributed by atoms with Crippen LogP contribution in [-0.4, -0.2) is 9.97 Å². The van der Waals surface area contributed by atoms with Gasteiger partial charge in [0.15, 0.2) is 5.82 Å². The molecule has 2 nitrogen and oxygen atoms in total. The number of hydrogen-bond acceptors (Lipinski definition) is 2. The molecule has 0 aromatic carbocycles. The van der Waals surface area contributed by atoms with Crippen molar-refractivity contribution in [3.8, 4) is 0 Å². The van der Waals surface area contributed by atoms with Crippen molar-refractivity contribution in [1.29, 1.82) is 0 Å². The maximum atomic E-state index is 4.27. The topological polar surface area (TPSA) is 25.8 Å². The molecule has 0 N–H and O–H groups in total. The zero-order chi connectivity index (χ0) is 7.97. The van der Waals surface area contributed by atoms with Crippen LogP contribution in [0.2, 0.25) is 0 Å². The fraction of sp³-hybridized carbons (Fsp3) is 0.400. The van der Waals surface area contributed by atoms with Gasteiger partial charge in [-0.25, -0.2) is 9.97 Å². The summed E-state index contributed by atoms with van der Waals surface area (Å²) >= 11 is 0. The van der Waals surface area contributed by atoms with Gasteiger partial charge < -0.3 is 0 Å². The summed E-state index contributed by atoms with van der Waals surface area (Å²) in [6.45, 7) is 0. The van der Waals surface area contributed by atoms with E-state index in [-0.39, 0.29) is 0 Å². The molecule has 2 aliphatic carbocycles. The maximum absolute atomic E-state index is 4.27. The van der Waals surface area contributed by atoms with Crippen LogP contribution < -0.4 is 0 Å².